The summed E-state index contributed by atoms with van der Waals surface area (Å²) in [4.78, 5) is 10.9. The zero-order valence-electron chi connectivity index (χ0n) is 14.8. The molecule has 0 amide bonds. The van der Waals surface area contributed by atoms with Crippen LogP contribution in [0.5, 0.6) is 0 Å². The Morgan fingerprint density at radius 1 is 0.783 bits per heavy atom. The summed E-state index contributed by atoms with van der Waals surface area (Å²) >= 11 is 0. The van der Waals surface area contributed by atoms with Gasteiger partial charge in [-0.05, 0) is 12.8 Å². The Hall–Kier alpha value is -0.610. The Balaban J connectivity index is 1.19. The summed E-state index contributed by atoms with van der Waals surface area (Å²) in [5.41, 5.74) is 0. The molecule has 0 unspecified atom stereocenters. The fraction of sp³-hybridized carbons (Fsp3) is 0.947. The van der Waals surface area contributed by atoms with Crippen LogP contribution in [0.2, 0.25) is 0 Å². The van der Waals surface area contributed by atoms with E-state index in [4.69, 9.17) is 9.47 Å². The van der Waals surface area contributed by atoms with Gasteiger partial charge in [0, 0.05) is 12.8 Å². The van der Waals surface area contributed by atoms with Crippen LogP contribution in [0.4, 0.5) is 0 Å². The number of hydrogen-bond donors (Lipinski definition) is 0. The van der Waals surface area contributed by atoms with E-state index in [-0.39, 0.29) is 18.0 Å². The molecule has 0 aromatic carbocycles. The van der Waals surface area contributed by atoms with Crippen LogP contribution < -0.4 is 0 Å². The molecule has 2 saturated heterocycles. The third-order valence-corrected chi connectivity index (χ3v) is 4.99. The van der Waals surface area contributed by atoms with Crippen molar-refractivity contribution in [1.82, 2.24) is 0 Å². The fourth-order valence-corrected chi connectivity index (χ4v) is 3.23. The van der Waals surface area contributed by atoms with Crippen LogP contribution in [0.3, 0.4) is 0 Å². The molecule has 2 rings (SSSR count). The SMILES string of the molecule is COC(=O)CCCCCCCCCCCCCCCC12OC1O2. The molecule has 2 fully saturated rings. The van der Waals surface area contributed by atoms with E-state index >= 15 is 0 Å². The Labute approximate surface area is 141 Å². The summed E-state index contributed by atoms with van der Waals surface area (Å²) < 4.78 is 15.2. The lowest BCUT2D eigenvalue weighted by Gasteiger charge is -2.03. The second-order valence-electron chi connectivity index (χ2n) is 7.05. The van der Waals surface area contributed by atoms with E-state index in [0.717, 1.165) is 19.3 Å². The van der Waals surface area contributed by atoms with Crippen molar-refractivity contribution in [2.24, 2.45) is 0 Å². The van der Waals surface area contributed by atoms with E-state index in [2.05, 4.69) is 4.74 Å². The van der Waals surface area contributed by atoms with Crippen molar-refractivity contribution in [3.8, 4) is 0 Å². The molecule has 0 saturated carbocycles. The van der Waals surface area contributed by atoms with Crippen LogP contribution >= 0.6 is 0 Å². The van der Waals surface area contributed by atoms with Crippen LogP contribution in [-0.2, 0) is 19.0 Å². The number of methoxy groups -OCH3 is 1. The smallest absolute Gasteiger partial charge is 0.305 e. The van der Waals surface area contributed by atoms with Gasteiger partial charge in [0.25, 0.3) is 0 Å². The Kier molecular flexibility index (Phi) is 8.38. The average Bonchev–Trinajstić information content (AvgIpc) is 3.41. The summed E-state index contributed by atoms with van der Waals surface area (Å²) in [5.74, 6) is -0.144. The van der Waals surface area contributed by atoms with E-state index in [1.54, 1.807) is 0 Å². The first kappa shape index (κ1) is 18.7. The predicted molar refractivity (Wildman–Crippen MR) is 90.0 cm³/mol. The van der Waals surface area contributed by atoms with Gasteiger partial charge in [-0.3, -0.25) is 4.79 Å². The highest BCUT2D eigenvalue weighted by molar-refractivity contribution is 5.68. The summed E-state index contributed by atoms with van der Waals surface area (Å²) in [5, 5.41) is 0. The number of carbonyl (C=O) groups excluding carboxylic acids is 1. The zero-order valence-corrected chi connectivity index (χ0v) is 14.8. The zero-order chi connectivity index (χ0) is 16.4. The van der Waals surface area contributed by atoms with Crippen molar-refractivity contribution < 1.29 is 19.0 Å². The minimum Gasteiger partial charge on any atom is -0.469 e. The number of rotatable bonds is 16. The first-order chi connectivity index (χ1) is 11.3. The minimum absolute atomic E-state index is 0.0701. The van der Waals surface area contributed by atoms with Crippen molar-refractivity contribution in [1.29, 1.82) is 0 Å². The molecule has 0 atom stereocenters. The van der Waals surface area contributed by atoms with Gasteiger partial charge < -0.3 is 14.2 Å². The van der Waals surface area contributed by atoms with E-state index in [1.165, 1.54) is 77.7 Å². The summed E-state index contributed by atoms with van der Waals surface area (Å²) in [6.45, 7) is 0. The van der Waals surface area contributed by atoms with Crippen molar-refractivity contribution in [3.05, 3.63) is 0 Å². The van der Waals surface area contributed by atoms with Gasteiger partial charge in [-0.25, -0.2) is 0 Å². The Morgan fingerprint density at radius 2 is 1.17 bits per heavy atom. The molecule has 2 heterocycles. The molecule has 4 nitrogen and oxygen atoms in total. The third kappa shape index (κ3) is 7.67. The first-order valence-electron chi connectivity index (χ1n) is 9.69. The van der Waals surface area contributed by atoms with Crippen molar-refractivity contribution in [2.45, 2.75) is 108 Å². The largest absolute Gasteiger partial charge is 0.469 e. The molecular weight excluding hydrogens is 292 g/mol. The van der Waals surface area contributed by atoms with Gasteiger partial charge in [0.05, 0.1) is 7.11 Å². The molecule has 0 aromatic heterocycles. The molecule has 134 valence electrons. The van der Waals surface area contributed by atoms with Gasteiger partial charge in [-0.2, -0.15) is 0 Å². The standard InChI is InChI=1S/C19H34O4/c1-21-17(20)15-13-11-9-7-5-3-2-4-6-8-10-12-14-16-19-18(22-19)23-19/h18H,2-16H2,1H3. The van der Waals surface area contributed by atoms with Crippen molar-refractivity contribution >= 4 is 5.97 Å². The van der Waals surface area contributed by atoms with Crippen LogP contribution in [0, 0.1) is 0 Å². The van der Waals surface area contributed by atoms with Gasteiger partial charge in [0.2, 0.25) is 12.1 Å². The lowest BCUT2D eigenvalue weighted by Crippen LogP contribution is -1.99. The highest BCUT2D eigenvalue weighted by Gasteiger charge is 2.76. The monoisotopic (exact) mass is 326 g/mol. The van der Waals surface area contributed by atoms with Crippen LogP contribution in [0.25, 0.3) is 0 Å². The van der Waals surface area contributed by atoms with Gasteiger partial charge in [0.15, 0.2) is 0 Å². The fourth-order valence-electron chi connectivity index (χ4n) is 3.23. The van der Waals surface area contributed by atoms with E-state index in [0.29, 0.717) is 6.42 Å². The normalized spacial score (nSPS) is 24.3. The lowest BCUT2D eigenvalue weighted by molar-refractivity contribution is -0.140. The highest BCUT2D eigenvalue weighted by Crippen LogP contribution is 2.59. The lowest BCUT2D eigenvalue weighted by atomic mass is 10.0. The summed E-state index contributed by atoms with van der Waals surface area (Å²) in [6.07, 6.45) is 18.8. The summed E-state index contributed by atoms with van der Waals surface area (Å²) in [7, 11) is 1.46. The van der Waals surface area contributed by atoms with Crippen LogP contribution in [-0.4, -0.2) is 25.2 Å². The highest BCUT2D eigenvalue weighted by atomic mass is 17.0. The minimum atomic E-state index is -0.0735. The Bertz CT molecular complexity index is 336. The maximum absolute atomic E-state index is 10.9. The van der Waals surface area contributed by atoms with E-state index in [1.807, 2.05) is 0 Å². The van der Waals surface area contributed by atoms with Crippen LogP contribution in [0.1, 0.15) is 96.3 Å². The average molecular weight is 326 g/mol. The van der Waals surface area contributed by atoms with Crippen molar-refractivity contribution in [3.63, 3.8) is 0 Å². The third-order valence-electron chi connectivity index (χ3n) is 4.99. The predicted octanol–water partition coefficient (Wildman–Crippen LogP) is 5.09. The quantitative estimate of drug-likeness (QED) is 0.225. The maximum atomic E-state index is 10.9. The van der Waals surface area contributed by atoms with Crippen LogP contribution in [0.15, 0.2) is 0 Å². The molecule has 0 aromatic rings. The molecule has 2 aliphatic rings. The van der Waals surface area contributed by atoms with Gasteiger partial charge >= 0.3 is 5.97 Å². The topological polar surface area (TPSA) is 51.4 Å². The summed E-state index contributed by atoms with van der Waals surface area (Å²) in [6, 6.07) is 0. The number of hydrogen-bond acceptors (Lipinski definition) is 4. The Morgan fingerprint density at radius 3 is 1.57 bits per heavy atom. The van der Waals surface area contributed by atoms with Crippen molar-refractivity contribution in [2.75, 3.05) is 7.11 Å². The maximum Gasteiger partial charge on any atom is 0.305 e. The number of epoxide rings is 2. The van der Waals surface area contributed by atoms with Gasteiger partial charge in [-0.15, -0.1) is 0 Å². The molecule has 0 radical (unpaired) electrons. The molecular formula is C19H34O4. The molecule has 2 aliphatic heterocycles. The second kappa shape index (κ2) is 10.3. The van der Waals surface area contributed by atoms with Gasteiger partial charge in [-0.1, -0.05) is 70.6 Å². The number of esters is 1. The van der Waals surface area contributed by atoms with Gasteiger partial charge in [0.1, 0.15) is 0 Å². The van der Waals surface area contributed by atoms with E-state index < -0.39 is 0 Å². The molecule has 0 N–H and O–H groups in total. The molecule has 0 aliphatic carbocycles. The molecule has 23 heavy (non-hydrogen) atoms. The number of fused-ring (bicyclic) bond motifs is 1. The number of ether oxygens (including phenoxy) is 3. The molecule has 0 spiro atoms. The van der Waals surface area contributed by atoms with E-state index in [9.17, 15) is 4.79 Å². The molecule has 4 heteroatoms. The number of unbranched alkanes of at least 4 members (excludes halogenated alkanes) is 12. The second-order valence-corrected chi connectivity index (χ2v) is 7.05. The number of carbonyl (C=O) groups is 1. The first-order valence-corrected chi connectivity index (χ1v) is 9.69. The molecule has 0 bridgehead atoms.